The van der Waals surface area contributed by atoms with E-state index in [9.17, 15) is 18.3 Å². The Hall–Kier alpha value is -2.58. The van der Waals surface area contributed by atoms with Gasteiger partial charge in [0.05, 0.1) is 22.2 Å². The molecule has 4 N–H and O–H groups in total. The van der Waals surface area contributed by atoms with Gasteiger partial charge in [0.1, 0.15) is 15.7 Å². The lowest BCUT2D eigenvalue weighted by molar-refractivity contribution is -0.123. The second-order valence-corrected chi connectivity index (χ2v) is 10.1. The van der Waals surface area contributed by atoms with Crippen LogP contribution in [0.4, 0.5) is 0 Å². The van der Waals surface area contributed by atoms with Crippen molar-refractivity contribution in [1.82, 2.24) is 25.2 Å². The van der Waals surface area contributed by atoms with Gasteiger partial charge in [-0.3, -0.25) is 10.0 Å². The number of hydrogen-bond donors (Lipinski definition) is 4. The summed E-state index contributed by atoms with van der Waals surface area (Å²) in [6.07, 6.45) is 2.77. The van der Waals surface area contributed by atoms with Crippen molar-refractivity contribution in [3.05, 3.63) is 57.6 Å². The van der Waals surface area contributed by atoms with Gasteiger partial charge < -0.3 is 5.11 Å². The molecule has 10 nitrogen and oxygen atoms in total. The van der Waals surface area contributed by atoms with Gasteiger partial charge in [-0.25, -0.2) is 23.3 Å². The van der Waals surface area contributed by atoms with Gasteiger partial charge in [-0.15, -0.1) is 16.4 Å². The third-order valence-electron chi connectivity index (χ3n) is 3.58. The van der Waals surface area contributed by atoms with Gasteiger partial charge in [0.25, 0.3) is 5.91 Å². The van der Waals surface area contributed by atoms with E-state index in [2.05, 4.69) is 31.0 Å². The molecular weight excluding hydrogens is 486 g/mol. The Morgan fingerprint density at radius 1 is 1.24 bits per heavy atom. The highest BCUT2D eigenvalue weighted by molar-refractivity contribution is 9.11. The second kappa shape index (κ2) is 8.84. The Bertz CT molecular complexity index is 1150. The van der Waals surface area contributed by atoms with Crippen LogP contribution in [0.5, 0.6) is 5.75 Å². The normalized spacial score (nSPS) is 12.1. The zero-order valence-corrected chi connectivity index (χ0v) is 17.7. The van der Waals surface area contributed by atoms with Crippen molar-refractivity contribution in [2.24, 2.45) is 0 Å². The molecule has 3 rings (SSSR count). The number of halogens is 1. The quantitative estimate of drug-likeness (QED) is 0.220. The second-order valence-electron chi connectivity index (χ2n) is 5.60. The largest absolute Gasteiger partial charge is 0.508 e. The van der Waals surface area contributed by atoms with E-state index in [1.165, 1.54) is 36.0 Å². The van der Waals surface area contributed by atoms with Crippen molar-refractivity contribution in [2.45, 2.75) is 10.8 Å². The first-order chi connectivity index (χ1) is 13.8. The summed E-state index contributed by atoms with van der Waals surface area (Å²) in [6, 6.07) is 9.09. The van der Waals surface area contributed by atoms with Gasteiger partial charge in [0.15, 0.2) is 0 Å². The molecule has 1 aromatic carbocycles. The first-order valence-electron chi connectivity index (χ1n) is 7.90. The van der Waals surface area contributed by atoms with E-state index in [-0.39, 0.29) is 27.9 Å². The van der Waals surface area contributed by atoms with Crippen LogP contribution in [0.1, 0.15) is 11.3 Å². The summed E-state index contributed by atoms with van der Waals surface area (Å²) in [5.74, 6) is -0.790. The summed E-state index contributed by atoms with van der Waals surface area (Å²) in [4.78, 5) is 12.0. The van der Waals surface area contributed by atoms with Crippen molar-refractivity contribution < 1.29 is 23.5 Å². The molecule has 0 atom stereocenters. The average Bonchev–Trinajstić information content (AvgIpc) is 3.35. The topological polar surface area (TPSA) is 146 Å². The van der Waals surface area contributed by atoms with Crippen molar-refractivity contribution in [3.8, 4) is 5.75 Å². The summed E-state index contributed by atoms with van der Waals surface area (Å²) in [7, 11) is -3.72. The minimum Gasteiger partial charge on any atom is -0.508 e. The van der Waals surface area contributed by atoms with Crippen LogP contribution in [0.25, 0.3) is 11.8 Å². The lowest BCUT2D eigenvalue weighted by Gasteiger charge is -2.05. The zero-order chi connectivity index (χ0) is 21.0. The number of aromatic nitrogens is 3. The fourth-order valence-electron chi connectivity index (χ4n) is 2.20. The standard InChI is InChI=1S/C16H14BrN5O5S2/c17-14-5-6-15(28-14)29(26,27)18-8-11-9-22(21-19-11)13(16(24)20-25)7-10-1-3-12(23)4-2-10/h1-7,9,18,23,25H,8H2,(H,20,24). The fraction of sp³-hybridized carbons (Fsp3) is 0.0625. The van der Waals surface area contributed by atoms with Gasteiger partial charge in [-0.2, -0.15) is 0 Å². The number of aromatic hydroxyl groups is 1. The highest BCUT2D eigenvalue weighted by atomic mass is 79.9. The molecule has 0 bridgehead atoms. The van der Waals surface area contributed by atoms with Gasteiger partial charge in [-0.1, -0.05) is 17.3 Å². The molecule has 1 amide bonds. The first-order valence-corrected chi connectivity index (χ1v) is 11.0. The van der Waals surface area contributed by atoms with Crippen molar-refractivity contribution >= 4 is 55.0 Å². The Balaban J connectivity index is 1.80. The maximum absolute atomic E-state index is 12.3. The minimum atomic E-state index is -3.72. The summed E-state index contributed by atoms with van der Waals surface area (Å²) < 4.78 is 28.9. The molecule has 0 unspecified atom stereocenters. The minimum absolute atomic E-state index is 0.0587. The molecule has 0 spiro atoms. The summed E-state index contributed by atoms with van der Waals surface area (Å²) in [5.41, 5.74) is 2.27. The molecule has 0 saturated carbocycles. The zero-order valence-electron chi connectivity index (χ0n) is 14.5. The number of benzene rings is 1. The maximum atomic E-state index is 12.3. The van der Waals surface area contributed by atoms with Crippen LogP contribution < -0.4 is 10.2 Å². The van der Waals surface area contributed by atoms with E-state index in [0.717, 1.165) is 16.0 Å². The number of phenols is 1. The van der Waals surface area contributed by atoms with E-state index in [1.54, 1.807) is 18.2 Å². The van der Waals surface area contributed by atoms with Crippen LogP contribution in [0.3, 0.4) is 0 Å². The molecule has 0 aliphatic heterocycles. The Morgan fingerprint density at radius 2 is 1.97 bits per heavy atom. The third kappa shape index (κ3) is 5.27. The highest BCUT2D eigenvalue weighted by Gasteiger charge is 2.18. The van der Waals surface area contributed by atoms with Crippen LogP contribution in [0.15, 0.2) is 50.6 Å². The Labute approximate surface area is 177 Å². The van der Waals surface area contributed by atoms with E-state index < -0.39 is 15.9 Å². The molecule has 0 saturated heterocycles. The summed E-state index contributed by atoms with van der Waals surface area (Å²) in [5, 5.41) is 26.0. The Morgan fingerprint density at radius 3 is 2.59 bits per heavy atom. The number of rotatable bonds is 7. The lowest BCUT2D eigenvalue weighted by Crippen LogP contribution is -2.23. The molecule has 2 heterocycles. The van der Waals surface area contributed by atoms with Crippen LogP contribution in [0.2, 0.25) is 0 Å². The molecule has 0 aliphatic rings. The smallest absolute Gasteiger partial charge is 0.293 e. The number of amides is 1. The van der Waals surface area contributed by atoms with Gasteiger partial charge in [-0.05, 0) is 51.8 Å². The summed E-state index contributed by atoms with van der Waals surface area (Å²) in [6.45, 7) is -0.148. The predicted octanol–water partition coefficient (Wildman–Crippen LogP) is 1.79. The molecule has 3 aromatic rings. The maximum Gasteiger partial charge on any atom is 0.293 e. The van der Waals surface area contributed by atoms with Crippen LogP contribution in [0, 0.1) is 0 Å². The van der Waals surface area contributed by atoms with Crippen LogP contribution >= 0.6 is 27.3 Å². The molecule has 2 aromatic heterocycles. The number of thiophene rings is 1. The molecule has 13 heteroatoms. The van der Waals surface area contributed by atoms with Crippen LogP contribution in [-0.4, -0.2) is 39.6 Å². The number of phenolic OH excluding ortho intramolecular Hbond substituents is 1. The number of carbonyl (C=O) groups is 1. The summed E-state index contributed by atoms with van der Waals surface area (Å²) >= 11 is 4.28. The third-order valence-corrected chi connectivity index (χ3v) is 7.09. The fourth-order valence-corrected chi connectivity index (χ4v) is 5.25. The number of hydrogen-bond acceptors (Lipinski definition) is 8. The SMILES string of the molecule is O=C(NO)C(=Cc1ccc(O)cc1)n1cc(CNS(=O)(=O)c2ccc(Br)s2)nn1. The molecule has 29 heavy (non-hydrogen) atoms. The van der Waals surface area contributed by atoms with E-state index in [4.69, 9.17) is 5.21 Å². The molecule has 0 aliphatic carbocycles. The van der Waals surface area contributed by atoms with Crippen molar-refractivity contribution in [3.63, 3.8) is 0 Å². The van der Waals surface area contributed by atoms with Gasteiger partial charge in [0.2, 0.25) is 10.0 Å². The van der Waals surface area contributed by atoms with Gasteiger partial charge >= 0.3 is 0 Å². The van der Waals surface area contributed by atoms with E-state index in [1.807, 2.05) is 0 Å². The highest BCUT2D eigenvalue weighted by Crippen LogP contribution is 2.25. The van der Waals surface area contributed by atoms with Crippen molar-refractivity contribution in [1.29, 1.82) is 0 Å². The average molecular weight is 500 g/mol. The number of carbonyl (C=O) groups excluding carboxylic acids is 1. The van der Waals surface area contributed by atoms with Crippen molar-refractivity contribution in [2.75, 3.05) is 0 Å². The number of sulfonamides is 1. The Kier molecular flexibility index (Phi) is 6.44. The first kappa shape index (κ1) is 21.1. The molecule has 0 fully saturated rings. The molecular formula is C16H14BrN5O5S2. The molecule has 152 valence electrons. The number of nitrogens with one attached hydrogen (secondary N) is 2. The molecule has 0 radical (unpaired) electrons. The lowest BCUT2D eigenvalue weighted by atomic mass is 10.2. The predicted molar refractivity (Wildman–Crippen MR) is 108 cm³/mol. The monoisotopic (exact) mass is 499 g/mol. The van der Waals surface area contributed by atoms with Crippen LogP contribution in [-0.2, 0) is 21.4 Å². The number of hydroxylamine groups is 1. The van der Waals surface area contributed by atoms with E-state index in [0.29, 0.717) is 9.35 Å². The number of nitrogens with zero attached hydrogens (tertiary/aromatic N) is 3. The van der Waals surface area contributed by atoms with E-state index >= 15 is 0 Å². The van der Waals surface area contributed by atoms with Gasteiger partial charge in [0, 0.05) is 0 Å².